The number of hydrogen-bond acceptors (Lipinski definition) is 3. The first-order valence-electron chi connectivity index (χ1n) is 6.59. The molecular formula is C16H13ClN2O2. The van der Waals surface area contributed by atoms with Gasteiger partial charge in [-0.15, -0.1) is 0 Å². The summed E-state index contributed by atoms with van der Waals surface area (Å²) in [4.78, 5) is 25.7. The summed E-state index contributed by atoms with van der Waals surface area (Å²) in [5.41, 5.74) is 1.33. The zero-order valence-corrected chi connectivity index (χ0v) is 11.9. The molecule has 5 heteroatoms. The minimum Gasteiger partial charge on any atom is -0.373 e. The van der Waals surface area contributed by atoms with Crippen molar-refractivity contribution in [3.63, 3.8) is 0 Å². The fourth-order valence-electron chi connectivity index (χ4n) is 2.37. The fraction of sp³-hybridized carbons (Fsp3) is 0.125. The predicted molar refractivity (Wildman–Crippen MR) is 82.4 cm³/mol. The molecule has 3 rings (SSSR count). The number of rotatable bonds is 3. The molecule has 1 atom stereocenters. The summed E-state index contributed by atoms with van der Waals surface area (Å²) in [7, 11) is 0. The number of amides is 2. The second kappa shape index (κ2) is 5.58. The fourth-order valence-corrected chi connectivity index (χ4v) is 2.55. The van der Waals surface area contributed by atoms with Crippen LogP contribution in [0.4, 0.5) is 11.4 Å². The van der Waals surface area contributed by atoms with Gasteiger partial charge >= 0.3 is 0 Å². The monoisotopic (exact) mass is 300 g/mol. The maximum absolute atomic E-state index is 12.4. The lowest BCUT2D eigenvalue weighted by molar-refractivity contribution is -0.121. The smallest absolute Gasteiger partial charge is 0.256 e. The van der Waals surface area contributed by atoms with E-state index in [1.54, 1.807) is 24.3 Å². The van der Waals surface area contributed by atoms with Crippen LogP contribution in [0.2, 0.25) is 5.02 Å². The van der Waals surface area contributed by atoms with Crippen LogP contribution in [-0.2, 0) is 9.59 Å². The van der Waals surface area contributed by atoms with Gasteiger partial charge in [-0.3, -0.25) is 9.59 Å². The second-order valence-corrected chi connectivity index (χ2v) is 5.25. The van der Waals surface area contributed by atoms with Gasteiger partial charge in [0.2, 0.25) is 5.91 Å². The molecule has 1 heterocycles. The summed E-state index contributed by atoms with van der Waals surface area (Å²) >= 11 is 5.92. The maximum atomic E-state index is 12.4. The van der Waals surface area contributed by atoms with Gasteiger partial charge in [-0.2, -0.15) is 0 Å². The van der Waals surface area contributed by atoms with Crippen molar-refractivity contribution in [3.8, 4) is 0 Å². The summed E-state index contributed by atoms with van der Waals surface area (Å²) < 4.78 is 0. The van der Waals surface area contributed by atoms with Crippen molar-refractivity contribution >= 4 is 34.8 Å². The first-order chi connectivity index (χ1) is 10.1. The molecule has 106 valence electrons. The molecule has 1 saturated heterocycles. The van der Waals surface area contributed by atoms with Crippen LogP contribution in [0.3, 0.4) is 0 Å². The van der Waals surface area contributed by atoms with Crippen LogP contribution in [-0.4, -0.2) is 17.9 Å². The SMILES string of the molecule is O=C1C[C@@H](Nc2ccccc2)C(=O)N1c1cccc(Cl)c1. The first-order valence-corrected chi connectivity index (χ1v) is 6.97. The molecule has 21 heavy (non-hydrogen) atoms. The van der Waals surface area contributed by atoms with Crippen molar-refractivity contribution in [3.05, 3.63) is 59.6 Å². The number of benzene rings is 2. The van der Waals surface area contributed by atoms with Crippen molar-refractivity contribution in [1.82, 2.24) is 0 Å². The minimum absolute atomic E-state index is 0.139. The Balaban J connectivity index is 1.82. The van der Waals surface area contributed by atoms with E-state index in [0.717, 1.165) is 5.69 Å². The van der Waals surface area contributed by atoms with Crippen LogP contribution in [0.1, 0.15) is 6.42 Å². The van der Waals surface area contributed by atoms with Crippen LogP contribution in [0.15, 0.2) is 54.6 Å². The van der Waals surface area contributed by atoms with E-state index in [1.165, 1.54) is 4.90 Å². The van der Waals surface area contributed by atoms with Gasteiger partial charge in [0.05, 0.1) is 12.1 Å². The number of para-hydroxylation sites is 1. The highest BCUT2D eigenvalue weighted by molar-refractivity contribution is 6.31. The molecule has 0 aliphatic carbocycles. The maximum Gasteiger partial charge on any atom is 0.256 e. The first kappa shape index (κ1) is 13.6. The molecule has 1 aliphatic rings. The van der Waals surface area contributed by atoms with Crippen LogP contribution in [0.25, 0.3) is 0 Å². The van der Waals surface area contributed by atoms with Crippen molar-refractivity contribution in [1.29, 1.82) is 0 Å². The average Bonchev–Trinajstić information content (AvgIpc) is 2.74. The van der Waals surface area contributed by atoms with Crippen molar-refractivity contribution in [2.45, 2.75) is 12.5 Å². The molecule has 2 aromatic rings. The van der Waals surface area contributed by atoms with Crippen molar-refractivity contribution in [2.75, 3.05) is 10.2 Å². The highest BCUT2D eigenvalue weighted by atomic mass is 35.5. The summed E-state index contributed by atoms with van der Waals surface area (Å²) in [5, 5.41) is 3.58. The minimum atomic E-state index is -0.543. The van der Waals surface area contributed by atoms with E-state index in [9.17, 15) is 9.59 Å². The van der Waals surface area contributed by atoms with E-state index in [-0.39, 0.29) is 18.2 Å². The van der Waals surface area contributed by atoms with E-state index in [4.69, 9.17) is 11.6 Å². The molecule has 0 saturated carbocycles. The quantitative estimate of drug-likeness (QED) is 0.886. The van der Waals surface area contributed by atoms with Crippen LogP contribution < -0.4 is 10.2 Å². The Morgan fingerprint density at radius 2 is 1.81 bits per heavy atom. The summed E-state index contributed by atoms with van der Waals surface area (Å²) in [6, 6.07) is 15.6. The predicted octanol–water partition coefficient (Wildman–Crippen LogP) is 3.08. The van der Waals surface area contributed by atoms with Crippen LogP contribution >= 0.6 is 11.6 Å². The lowest BCUT2D eigenvalue weighted by atomic mass is 10.2. The Morgan fingerprint density at radius 3 is 2.52 bits per heavy atom. The third kappa shape index (κ3) is 2.76. The number of nitrogens with zero attached hydrogens (tertiary/aromatic N) is 1. The number of carbonyl (C=O) groups is 2. The average molecular weight is 301 g/mol. The van der Waals surface area contributed by atoms with Gasteiger partial charge in [-0.1, -0.05) is 35.9 Å². The molecule has 1 aliphatic heterocycles. The number of nitrogens with one attached hydrogen (secondary N) is 1. The largest absolute Gasteiger partial charge is 0.373 e. The Labute approximate surface area is 127 Å². The van der Waals surface area contributed by atoms with E-state index in [1.807, 2.05) is 30.3 Å². The number of carbonyl (C=O) groups excluding carboxylic acids is 2. The van der Waals surface area contributed by atoms with E-state index >= 15 is 0 Å². The Morgan fingerprint density at radius 1 is 1.05 bits per heavy atom. The van der Waals surface area contributed by atoms with Gasteiger partial charge in [-0.05, 0) is 30.3 Å². The van der Waals surface area contributed by atoms with Gasteiger partial charge in [0.15, 0.2) is 0 Å². The van der Waals surface area contributed by atoms with Gasteiger partial charge in [0.25, 0.3) is 5.91 Å². The molecular weight excluding hydrogens is 288 g/mol. The highest BCUT2D eigenvalue weighted by Gasteiger charge is 2.39. The number of halogens is 1. The third-order valence-electron chi connectivity index (χ3n) is 3.33. The van der Waals surface area contributed by atoms with Crippen LogP contribution in [0, 0.1) is 0 Å². The van der Waals surface area contributed by atoms with E-state index in [0.29, 0.717) is 10.7 Å². The number of anilines is 2. The second-order valence-electron chi connectivity index (χ2n) is 4.81. The molecule has 1 N–H and O–H groups in total. The normalized spacial score (nSPS) is 18.1. The molecule has 0 bridgehead atoms. The Hall–Kier alpha value is -2.33. The molecule has 4 nitrogen and oxygen atoms in total. The number of imide groups is 1. The molecule has 2 aromatic carbocycles. The summed E-state index contributed by atoms with van der Waals surface area (Å²) in [6.45, 7) is 0. The highest BCUT2D eigenvalue weighted by Crippen LogP contribution is 2.26. The Bertz CT molecular complexity index is 688. The Kier molecular flexibility index (Phi) is 3.62. The van der Waals surface area contributed by atoms with Gasteiger partial charge in [0.1, 0.15) is 6.04 Å². The molecule has 0 spiro atoms. The number of hydrogen-bond donors (Lipinski definition) is 1. The zero-order chi connectivity index (χ0) is 14.8. The topological polar surface area (TPSA) is 49.4 Å². The van der Waals surface area contributed by atoms with E-state index < -0.39 is 6.04 Å². The standard InChI is InChI=1S/C16H13ClN2O2/c17-11-5-4-8-13(9-11)19-15(20)10-14(16(19)21)18-12-6-2-1-3-7-12/h1-9,14,18H,10H2/t14-/m1/s1. The summed E-state index contributed by atoms with van der Waals surface area (Å²) in [5.74, 6) is -0.484. The zero-order valence-electron chi connectivity index (χ0n) is 11.1. The molecule has 2 amide bonds. The van der Waals surface area contributed by atoms with Crippen molar-refractivity contribution in [2.24, 2.45) is 0 Å². The molecule has 0 aromatic heterocycles. The lowest BCUT2D eigenvalue weighted by Gasteiger charge is -2.16. The molecule has 0 radical (unpaired) electrons. The lowest BCUT2D eigenvalue weighted by Crippen LogP contribution is -2.34. The van der Waals surface area contributed by atoms with Crippen LogP contribution in [0.5, 0.6) is 0 Å². The molecule has 1 fully saturated rings. The molecule has 0 unspecified atom stereocenters. The van der Waals surface area contributed by atoms with Gasteiger partial charge in [0, 0.05) is 10.7 Å². The van der Waals surface area contributed by atoms with Gasteiger partial charge < -0.3 is 5.32 Å². The van der Waals surface area contributed by atoms with E-state index in [2.05, 4.69) is 5.32 Å². The third-order valence-corrected chi connectivity index (χ3v) is 3.56. The van der Waals surface area contributed by atoms with Gasteiger partial charge in [-0.25, -0.2) is 4.90 Å². The van der Waals surface area contributed by atoms with Crippen molar-refractivity contribution < 1.29 is 9.59 Å². The summed E-state index contributed by atoms with van der Waals surface area (Å²) in [6.07, 6.45) is 0.139.